The zero-order valence-corrected chi connectivity index (χ0v) is 12.3. The van der Waals surface area contributed by atoms with Crippen LogP contribution < -0.4 is 10.1 Å². The van der Waals surface area contributed by atoms with Crippen LogP contribution >= 0.6 is 0 Å². The number of nitrogens with one attached hydrogen (secondary N) is 1. The van der Waals surface area contributed by atoms with Gasteiger partial charge in [-0.1, -0.05) is 0 Å². The number of likely N-dealkylation sites (N-methyl/N-ethyl adjacent to an activating group) is 2. The summed E-state index contributed by atoms with van der Waals surface area (Å²) in [5.74, 6) is -0.0458. The molecule has 9 heteroatoms. The lowest BCUT2D eigenvalue weighted by molar-refractivity contribution is -0.385. The lowest BCUT2D eigenvalue weighted by Gasteiger charge is -2.18. The fourth-order valence-corrected chi connectivity index (χ4v) is 2.84. The Morgan fingerprint density at radius 1 is 1.45 bits per heavy atom. The molecule has 1 N–H and O–H groups in total. The molecule has 0 aliphatic rings. The molecule has 0 heterocycles. The number of sulfonamides is 1. The number of non-ortho nitro benzene ring substituents is 1. The molecule has 0 amide bonds. The van der Waals surface area contributed by atoms with Crippen LogP contribution in [0.25, 0.3) is 0 Å². The summed E-state index contributed by atoms with van der Waals surface area (Å²) >= 11 is 0. The molecule has 0 fully saturated rings. The fraction of sp³-hybridized carbons (Fsp3) is 0.455. The van der Waals surface area contributed by atoms with E-state index in [-0.39, 0.29) is 22.9 Å². The van der Waals surface area contributed by atoms with Crippen LogP contribution in [-0.2, 0) is 10.0 Å². The third-order valence-electron chi connectivity index (χ3n) is 2.72. The second kappa shape index (κ2) is 6.64. The zero-order valence-electron chi connectivity index (χ0n) is 11.5. The maximum Gasteiger partial charge on any atom is 0.273 e. The van der Waals surface area contributed by atoms with Crippen molar-refractivity contribution >= 4 is 15.7 Å². The summed E-state index contributed by atoms with van der Waals surface area (Å²) in [5.41, 5.74) is -0.223. The van der Waals surface area contributed by atoms with Crippen LogP contribution in [0.5, 0.6) is 5.75 Å². The van der Waals surface area contributed by atoms with Crippen LogP contribution in [0.15, 0.2) is 23.1 Å². The van der Waals surface area contributed by atoms with Crippen molar-refractivity contribution in [3.05, 3.63) is 28.3 Å². The molecule has 0 unspecified atom stereocenters. The molecule has 1 aromatic carbocycles. The predicted octanol–water partition coefficient (Wildman–Crippen LogP) is 0.443. The van der Waals surface area contributed by atoms with Gasteiger partial charge in [-0.3, -0.25) is 10.1 Å². The van der Waals surface area contributed by atoms with Crippen LogP contribution in [0.1, 0.15) is 0 Å². The standard InChI is InChI=1S/C11H17N3O5S/c1-12-6-7-13(2)20(17,18)11-5-4-9(14(15)16)8-10(11)19-3/h4-5,8,12H,6-7H2,1-3H3. The topological polar surface area (TPSA) is 102 Å². The fourth-order valence-electron chi connectivity index (χ4n) is 1.54. The Balaban J connectivity index is 3.21. The number of rotatable bonds is 7. The van der Waals surface area contributed by atoms with Crippen LogP contribution in [0, 0.1) is 10.1 Å². The Labute approximate surface area is 117 Å². The van der Waals surface area contributed by atoms with Crippen LogP contribution in [0.3, 0.4) is 0 Å². The lowest BCUT2D eigenvalue weighted by atomic mass is 10.3. The first kappa shape index (κ1) is 16.3. The monoisotopic (exact) mass is 303 g/mol. The molecule has 0 bridgehead atoms. The van der Waals surface area contributed by atoms with E-state index in [0.29, 0.717) is 6.54 Å². The maximum absolute atomic E-state index is 12.3. The average Bonchev–Trinajstić information content (AvgIpc) is 2.43. The Hall–Kier alpha value is -1.71. The third-order valence-corrected chi connectivity index (χ3v) is 4.62. The van der Waals surface area contributed by atoms with Gasteiger partial charge in [0, 0.05) is 26.2 Å². The molecule has 0 saturated carbocycles. The summed E-state index contributed by atoms with van der Waals surface area (Å²) in [6.45, 7) is 0.768. The zero-order chi connectivity index (χ0) is 15.3. The summed E-state index contributed by atoms with van der Waals surface area (Å²) in [4.78, 5) is 9.99. The van der Waals surface area contributed by atoms with Crippen LogP contribution in [0.2, 0.25) is 0 Å². The van der Waals surface area contributed by atoms with Crippen molar-refractivity contribution in [1.29, 1.82) is 0 Å². The molecule has 0 saturated heterocycles. The highest BCUT2D eigenvalue weighted by atomic mass is 32.2. The van der Waals surface area contributed by atoms with Gasteiger partial charge < -0.3 is 10.1 Å². The Morgan fingerprint density at radius 3 is 2.60 bits per heavy atom. The highest BCUT2D eigenvalue weighted by Gasteiger charge is 2.26. The Bertz CT molecular complexity index is 588. The summed E-state index contributed by atoms with van der Waals surface area (Å²) in [7, 11) is 0.672. The van der Waals surface area contributed by atoms with Gasteiger partial charge in [0.15, 0.2) is 0 Å². The molecule has 0 aromatic heterocycles. The van der Waals surface area contributed by atoms with E-state index in [2.05, 4.69) is 5.32 Å². The van der Waals surface area contributed by atoms with E-state index in [1.54, 1.807) is 7.05 Å². The minimum absolute atomic E-state index is 0.0458. The summed E-state index contributed by atoms with van der Waals surface area (Å²) < 4.78 is 30.8. The van der Waals surface area contributed by atoms with Gasteiger partial charge in [0.05, 0.1) is 18.1 Å². The highest BCUT2D eigenvalue weighted by Crippen LogP contribution is 2.29. The molecule has 1 aromatic rings. The van der Waals surface area contributed by atoms with E-state index >= 15 is 0 Å². The van der Waals surface area contributed by atoms with Gasteiger partial charge >= 0.3 is 0 Å². The average molecular weight is 303 g/mol. The quantitative estimate of drug-likeness (QED) is 0.579. The van der Waals surface area contributed by atoms with E-state index in [1.807, 2.05) is 0 Å². The Kier molecular flexibility index (Phi) is 5.43. The normalized spacial score (nSPS) is 11.6. The number of nitro groups is 1. The number of hydrogen-bond acceptors (Lipinski definition) is 6. The molecule has 0 aliphatic carbocycles. The summed E-state index contributed by atoms with van der Waals surface area (Å²) in [5, 5.41) is 13.5. The predicted molar refractivity (Wildman–Crippen MR) is 73.4 cm³/mol. The molecular formula is C11H17N3O5S. The molecule has 0 radical (unpaired) electrons. The van der Waals surface area contributed by atoms with Crippen molar-refractivity contribution in [1.82, 2.24) is 9.62 Å². The second-order valence-corrected chi connectivity index (χ2v) is 6.04. The first-order chi connectivity index (χ1) is 9.34. The maximum atomic E-state index is 12.3. The van der Waals surface area contributed by atoms with Gasteiger partial charge in [-0.05, 0) is 13.1 Å². The van der Waals surface area contributed by atoms with E-state index in [9.17, 15) is 18.5 Å². The molecule has 0 atom stereocenters. The van der Waals surface area contributed by atoms with Gasteiger partial charge in [0.25, 0.3) is 5.69 Å². The van der Waals surface area contributed by atoms with E-state index in [1.165, 1.54) is 20.2 Å². The molecule has 0 spiro atoms. The summed E-state index contributed by atoms with van der Waals surface area (Å²) in [6.07, 6.45) is 0. The van der Waals surface area contributed by atoms with Gasteiger partial charge in [-0.2, -0.15) is 4.31 Å². The van der Waals surface area contributed by atoms with E-state index in [0.717, 1.165) is 16.4 Å². The third kappa shape index (κ3) is 3.44. The van der Waals surface area contributed by atoms with E-state index < -0.39 is 14.9 Å². The molecule has 0 aliphatic heterocycles. The van der Waals surface area contributed by atoms with Gasteiger partial charge in [0.2, 0.25) is 10.0 Å². The highest BCUT2D eigenvalue weighted by molar-refractivity contribution is 7.89. The SMILES string of the molecule is CNCCN(C)S(=O)(=O)c1ccc([N+](=O)[O-])cc1OC. The first-order valence-corrected chi connectivity index (χ1v) is 7.22. The van der Waals surface area contributed by atoms with Crippen molar-refractivity contribution in [2.75, 3.05) is 34.3 Å². The van der Waals surface area contributed by atoms with Crippen molar-refractivity contribution in [2.24, 2.45) is 0 Å². The largest absolute Gasteiger partial charge is 0.495 e. The number of nitro benzene ring substituents is 1. The number of methoxy groups -OCH3 is 1. The van der Waals surface area contributed by atoms with Crippen LogP contribution in [-0.4, -0.2) is 51.9 Å². The number of benzene rings is 1. The summed E-state index contributed by atoms with van der Waals surface area (Å²) in [6, 6.07) is 3.42. The van der Waals surface area contributed by atoms with Crippen molar-refractivity contribution in [3.8, 4) is 5.75 Å². The van der Waals surface area contributed by atoms with Crippen molar-refractivity contribution < 1.29 is 18.1 Å². The van der Waals surface area contributed by atoms with Gasteiger partial charge in [-0.15, -0.1) is 0 Å². The lowest BCUT2D eigenvalue weighted by Crippen LogP contribution is -2.33. The van der Waals surface area contributed by atoms with Gasteiger partial charge in [-0.25, -0.2) is 8.42 Å². The van der Waals surface area contributed by atoms with E-state index in [4.69, 9.17) is 4.74 Å². The number of hydrogen-bond donors (Lipinski definition) is 1. The molecule has 8 nitrogen and oxygen atoms in total. The van der Waals surface area contributed by atoms with Gasteiger partial charge in [0.1, 0.15) is 10.6 Å². The van der Waals surface area contributed by atoms with Crippen LogP contribution in [0.4, 0.5) is 5.69 Å². The minimum atomic E-state index is -3.75. The smallest absolute Gasteiger partial charge is 0.273 e. The molecule has 20 heavy (non-hydrogen) atoms. The molecule has 112 valence electrons. The Morgan fingerprint density at radius 2 is 2.10 bits per heavy atom. The second-order valence-electron chi connectivity index (χ2n) is 4.02. The number of ether oxygens (including phenoxy) is 1. The molecular weight excluding hydrogens is 286 g/mol. The molecule has 1 rings (SSSR count). The minimum Gasteiger partial charge on any atom is -0.495 e. The first-order valence-electron chi connectivity index (χ1n) is 5.78. The van der Waals surface area contributed by atoms with Crippen molar-refractivity contribution in [3.63, 3.8) is 0 Å². The van der Waals surface area contributed by atoms with Crippen molar-refractivity contribution in [2.45, 2.75) is 4.90 Å². The number of nitrogens with zero attached hydrogens (tertiary/aromatic N) is 2.